The summed E-state index contributed by atoms with van der Waals surface area (Å²) >= 11 is 2.10. The lowest BCUT2D eigenvalue weighted by atomic mass is 10.2. The summed E-state index contributed by atoms with van der Waals surface area (Å²) in [5.41, 5.74) is 0.562. The lowest BCUT2D eigenvalue weighted by Crippen LogP contribution is -2.17. The highest BCUT2D eigenvalue weighted by Crippen LogP contribution is 2.18. The maximum Gasteiger partial charge on any atom is 0.357 e. The Kier molecular flexibility index (Phi) is 4.56. The Morgan fingerprint density at radius 2 is 2.33 bits per heavy atom. The van der Waals surface area contributed by atoms with Gasteiger partial charge in [0, 0.05) is 6.04 Å². The van der Waals surface area contributed by atoms with Crippen molar-refractivity contribution in [1.82, 2.24) is 9.78 Å². The Morgan fingerprint density at radius 3 is 2.87 bits per heavy atom. The molecule has 1 rings (SSSR count). The summed E-state index contributed by atoms with van der Waals surface area (Å²) in [7, 11) is 0. The van der Waals surface area contributed by atoms with Gasteiger partial charge in [-0.3, -0.25) is 4.68 Å². The minimum Gasteiger partial charge on any atom is -0.461 e. The lowest BCUT2D eigenvalue weighted by molar-refractivity contribution is 0.0507. The summed E-state index contributed by atoms with van der Waals surface area (Å²) < 4.78 is 7.57. The Hall–Kier alpha value is -0.590. The molecule has 0 fully saturated rings. The van der Waals surface area contributed by atoms with E-state index in [4.69, 9.17) is 4.74 Å². The van der Waals surface area contributed by atoms with Crippen LogP contribution in [0.3, 0.4) is 0 Å². The molecule has 0 aliphatic carbocycles. The van der Waals surface area contributed by atoms with Crippen LogP contribution in [0, 0.1) is 3.57 Å². The number of hydrogen-bond acceptors (Lipinski definition) is 3. The first-order valence-corrected chi connectivity index (χ1v) is 6.09. The molecule has 5 heteroatoms. The summed E-state index contributed by atoms with van der Waals surface area (Å²) in [6.45, 7) is 6.29. The molecule has 1 aromatic rings. The third-order valence-electron chi connectivity index (χ3n) is 2.23. The first-order chi connectivity index (χ1) is 7.11. The average Bonchev–Trinajstić information content (AvgIpc) is 2.59. The highest BCUT2D eigenvalue weighted by atomic mass is 127. The van der Waals surface area contributed by atoms with E-state index in [0.717, 1.165) is 9.99 Å². The molecule has 0 aliphatic heterocycles. The highest BCUT2D eigenvalue weighted by molar-refractivity contribution is 14.1. The van der Waals surface area contributed by atoms with Gasteiger partial charge in [-0.1, -0.05) is 6.92 Å². The van der Waals surface area contributed by atoms with Crippen molar-refractivity contribution in [3.05, 3.63) is 15.5 Å². The SMILES string of the molecule is CCOC(=O)c1c(I)cnn1C(C)CC. The molecule has 0 bridgehead atoms. The average molecular weight is 322 g/mol. The minimum absolute atomic E-state index is 0.216. The molecule has 1 aromatic heterocycles. The predicted molar refractivity (Wildman–Crippen MR) is 65.9 cm³/mol. The van der Waals surface area contributed by atoms with Gasteiger partial charge in [-0.05, 0) is 42.9 Å². The number of aromatic nitrogens is 2. The lowest BCUT2D eigenvalue weighted by Gasteiger charge is -2.12. The Morgan fingerprint density at radius 1 is 1.67 bits per heavy atom. The number of carbonyl (C=O) groups is 1. The van der Waals surface area contributed by atoms with Gasteiger partial charge in [0.2, 0.25) is 0 Å². The highest BCUT2D eigenvalue weighted by Gasteiger charge is 2.20. The molecular formula is C10H15IN2O2. The third kappa shape index (κ3) is 2.70. The Labute approximate surface area is 103 Å². The van der Waals surface area contributed by atoms with Crippen LogP contribution >= 0.6 is 22.6 Å². The Balaban J connectivity index is 3.03. The topological polar surface area (TPSA) is 44.1 Å². The predicted octanol–water partition coefficient (Wildman–Crippen LogP) is 2.64. The van der Waals surface area contributed by atoms with Gasteiger partial charge < -0.3 is 4.74 Å². The monoisotopic (exact) mass is 322 g/mol. The van der Waals surface area contributed by atoms with Crippen LogP contribution in [0.25, 0.3) is 0 Å². The van der Waals surface area contributed by atoms with Crippen LogP contribution in [0.4, 0.5) is 0 Å². The van der Waals surface area contributed by atoms with E-state index in [1.54, 1.807) is 17.8 Å². The molecule has 0 saturated carbocycles. The summed E-state index contributed by atoms with van der Waals surface area (Å²) in [5, 5.41) is 4.20. The first-order valence-electron chi connectivity index (χ1n) is 5.01. The van der Waals surface area contributed by atoms with Crippen LogP contribution in [0.5, 0.6) is 0 Å². The zero-order valence-electron chi connectivity index (χ0n) is 9.16. The smallest absolute Gasteiger partial charge is 0.357 e. The van der Waals surface area contributed by atoms with E-state index in [-0.39, 0.29) is 12.0 Å². The number of nitrogens with zero attached hydrogens (tertiary/aromatic N) is 2. The van der Waals surface area contributed by atoms with Crippen LogP contribution in [-0.2, 0) is 4.74 Å². The summed E-state index contributed by atoms with van der Waals surface area (Å²) in [4.78, 5) is 11.7. The van der Waals surface area contributed by atoms with E-state index < -0.39 is 0 Å². The molecule has 15 heavy (non-hydrogen) atoms. The fraction of sp³-hybridized carbons (Fsp3) is 0.600. The van der Waals surface area contributed by atoms with Crippen LogP contribution in [0.15, 0.2) is 6.20 Å². The second-order valence-electron chi connectivity index (χ2n) is 3.26. The third-order valence-corrected chi connectivity index (χ3v) is 3.02. The molecule has 4 nitrogen and oxygen atoms in total. The molecule has 0 saturated heterocycles. The van der Waals surface area contributed by atoms with Gasteiger partial charge in [0.05, 0.1) is 16.4 Å². The van der Waals surface area contributed by atoms with E-state index in [0.29, 0.717) is 12.3 Å². The Bertz CT molecular complexity index is 349. The zero-order valence-corrected chi connectivity index (χ0v) is 11.3. The number of hydrogen-bond donors (Lipinski definition) is 0. The molecule has 0 aromatic carbocycles. The van der Waals surface area contributed by atoms with Crippen LogP contribution in [0.2, 0.25) is 0 Å². The largest absolute Gasteiger partial charge is 0.461 e. The summed E-state index contributed by atoms with van der Waals surface area (Å²) in [6.07, 6.45) is 2.63. The minimum atomic E-state index is -0.292. The fourth-order valence-corrected chi connectivity index (χ4v) is 1.83. The van der Waals surface area contributed by atoms with E-state index in [9.17, 15) is 4.79 Å². The van der Waals surface area contributed by atoms with Gasteiger partial charge in [0.1, 0.15) is 0 Å². The molecule has 84 valence electrons. The molecule has 1 atom stereocenters. The second-order valence-corrected chi connectivity index (χ2v) is 4.43. The van der Waals surface area contributed by atoms with Gasteiger partial charge in [0.25, 0.3) is 0 Å². The molecule has 1 unspecified atom stereocenters. The number of carbonyl (C=O) groups excluding carboxylic acids is 1. The summed E-state index contributed by atoms with van der Waals surface area (Å²) in [5.74, 6) is -0.292. The molecule has 0 amide bonds. The standard InChI is InChI=1S/C10H15IN2O2/c1-4-7(3)13-9(8(11)6-12-13)10(14)15-5-2/h6-7H,4-5H2,1-3H3. The van der Waals surface area contributed by atoms with E-state index >= 15 is 0 Å². The van der Waals surface area contributed by atoms with Crippen LogP contribution in [-0.4, -0.2) is 22.4 Å². The van der Waals surface area contributed by atoms with E-state index in [1.807, 2.05) is 6.92 Å². The first kappa shape index (κ1) is 12.5. The molecule has 0 aliphatic rings. The van der Waals surface area contributed by atoms with Gasteiger partial charge in [0.15, 0.2) is 5.69 Å². The van der Waals surface area contributed by atoms with Gasteiger partial charge in [-0.2, -0.15) is 5.10 Å². The molecule has 0 N–H and O–H groups in total. The van der Waals surface area contributed by atoms with Crippen LogP contribution in [0.1, 0.15) is 43.7 Å². The number of ether oxygens (including phenoxy) is 1. The maximum atomic E-state index is 11.7. The van der Waals surface area contributed by atoms with Crippen molar-refractivity contribution < 1.29 is 9.53 Å². The van der Waals surface area contributed by atoms with Crippen molar-refractivity contribution in [2.45, 2.75) is 33.2 Å². The molecular weight excluding hydrogens is 307 g/mol. The van der Waals surface area contributed by atoms with Gasteiger partial charge in [-0.15, -0.1) is 0 Å². The molecule has 1 heterocycles. The number of esters is 1. The number of rotatable bonds is 4. The van der Waals surface area contributed by atoms with Crippen LogP contribution < -0.4 is 0 Å². The zero-order chi connectivity index (χ0) is 11.4. The molecule has 0 spiro atoms. The van der Waals surface area contributed by atoms with Crippen molar-refractivity contribution in [3.8, 4) is 0 Å². The van der Waals surface area contributed by atoms with Gasteiger partial charge in [-0.25, -0.2) is 4.79 Å². The maximum absolute atomic E-state index is 11.7. The van der Waals surface area contributed by atoms with Crippen molar-refractivity contribution in [3.63, 3.8) is 0 Å². The number of halogens is 1. The summed E-state index contributed by atoms with van der Waals surface area (Å²) in [6, 6.07) is 0.216. The van der Waals surface area contributed by atoms with Crippen molar-refractivity contribution in [2.24, 2.45) is 0 Å². The molecule has 0 radical (unpaired) electrons. The van der Waals surface area contributed by atoms with E-state index in [1.165, 1.54) is 0 Å². The van der Waals surface area contributed by atoms with Gasteiger partial charge >= 0.3 is 5.97 Å². The second kappa shape index (κ2) is 5.48. The normalized spacial score (nSPS) is 12.5. The van der Waals surface area contributed by atoms with Crippen molar-refractivity contribution >= 4 is 28.6 Å². The van der Waals surface area contributed by atoms with Crippen molar-refractivity contribution in [1.29, 1.82) is 0 Å². The van der Waals surface area contributed by atoms with E-state index in [2.05, 4.69) is 34.6 Å². The fourth-order valence-electron chi connectivity index (χ4n) is 1.24. The van der Waals surface area contributed by atoms with Crippen molar-refractivity contribution in [2.75, 3.05) is 6.61 Å². The quantitative estimate of drug-likeness (QED) is 0.632.